The maximum absolute atomic E-state index is 12.2. The molecule has 0 aliphatic heterocycles. The van der Waals surface area contributed by atoms with Crippen LogP contribution in [-0.2, 0) is 17.8 Å². The minimum atomic E-state index is 0.0399. The summed E-state index contributed by atoms with van der Waals surface area (Å²) in [7, 11) is 1.97. The van der Waals surface area contributed by atoms with Gasteiger partial charge in [-0.05, 0) is 43.0 Å². The minimum Gasteiger partial charge on any atom is -0.324 e. The molecule has 3 nitrogen and oxygen atoms in total. The highest BCUT2D eigenvalue weighted by atomic mass is 32.1. The fourth-order valence-corrected chi connectivity index (χ4v) is 3.13. The second kappa shape index (κ2) is 7.38. The van der Waals surface area contributed by atoms with E-state index in [1.54, 1.807) is 11.3 Å². The molecule has 0 saturated heterocycles. The van der Waals surface area contributed by atoms with E-state index in [0.29, 0.717) is 6.54 Å². The first-order valence-electron chi connectivity index (χ1n) is 7.19. The average molecular weight is 302 g/mol. The predicted molar refractivity (Wildman–Crippen MR) is 89.8 cm³/mol. The van der Waals surface area contributed by atoms with Crippen molar-refractivity contribution in [3.8, 4) is 0 Å². The molecule has 0 radical (unpaired) electrons. The Labute approximate surface area is 130 Å². The second-order valence-electron chi connectivity index (χ2n) is 5.26. The Bertz CT molecular complexity index is 593. The molecule has 21 heavy (non-hydrogen) atoms. The number of nitrogens with one attached hydrogen (secondary N) is 1. The number of hydrogen-bond donors (Lipinski definition) is 1. The lowest BCUT2D eigenvalue weighted by molar-refractivity contribution is -0.117. The third kappa shape index (κ3) is 4.41. The van der Waals surface area contributed by atoms with Gasteiger partial charge in [0.05, 0.1) is 6.54 Å². The van der Waals surface area contributed by atoms with Crippen LogP contribution in [0.4, 0.5) is 5.69 Å². The number of rotatable bonds is 6. The Morgan fingerprint density at radius 3 is 2.76 bits per heavy atom. The van der Waals surface area contributed by atoms with Gasteiger partial charge in [0, 0.05) is 17.1 Å². The number of para-hydroxylation sites is 1. The van der Waals surface area contributed by atoms with E-state index in [4.69, 9.17) is 0 Å². The van der Waals surface area contributed by atoms with Crippen molar-refractivity contribution in [2.45, 2.75) is 26.8 Å². The van der Waals surface area contributed by atoms with E-state index in [0.717, 1.165) is 24.2 Å². The number of aryl methyl sites for hydroxylation is 2. The molecule has 0 atom stereocenters. The number of likely N-dealkylation sites (N-methyl/N-ethyl adjacent to an activating group) is 1. The fourth-order valence-electron chi connectivity index (χ4n) is 2.35. The maximum Gasteiger partial charge on any atom is 0.238 e. The Morgan fingerprint density at radius 2 is 2.10 bits per heavy atom. The average Bonchev–Trinajstić information content (AvgIpc) is 2.93. The van der Waals surface area contributed by atoms with E-state index in [1.807, 2.05) is 37.1 Å². The molecule has 0 aliphatic rings. The predicted octanol–water partition coefficient (Wildman–Crippen LogP) is 3.69. The molecule has 0 spiro atoms. The van der Waals surface area contributed by atoms with E-state index in [2.05, 4.69) is 29.8 Å². The molecule has 0 bridgehead atoms. The summed E-state index contributed by atoms with van der Waals surface area (Å²) in [4.78, 5) is 15.5. The van der Waals surface area contributed by atoms with Gasteiger partial charge >= 0.3 is 0 Å². The number of carbonyl (C=O) groups is 1. The topological polar surface area (TPSA) is 32.3 Å². The van der Waals surface area contributed by atoms with Crippen LogP contribution in [0.3, 0.4) is 0 Å². The monoisotopic (exact) mass is 302 g/mol. The molecule has 0 aliphatic carbocycles. The van der Waals surface area contributed by atoms with E-state index in [-0.39, 0.29) is 5.91 Å². The van der Waals surface area contributed by atoms with Crippen molar-refractivity contribution in [1.29, 1.82) is 0 Å². The Hall–Kier alpha value is -1.65. The smallest absolute Gasteiger partial charge is 0.238 e. The van der Waals surface area contributed by atoms with Crippen LogP contribution in [0.2, 0.25) is 0 Å². The van der Waals surface area contributed by atoms with Crippen molar-refractivity contribution < 1.29 is 4.79 Å². The Balaban J connectivity index is 1.95. The first-order valence-corrected chi connectivity index (χ1v) is 8.07. The number of anilines is 1. The largest absolute Gasteiger partial charge is 0.324 e. The van der Waals surface area contributed by atoms with Crippen LogP contribution in [0.25, 0.3) is 0 Å². The molecule has 2 aromatic rings. The van der Waals surface area contributed by atoms with Crippen LogP contribution < -0.4 is 5.32 Å². The molecular weight excluding hydrogens is 280 g/mol. The molecule has 1 N–H and O–H groups in total. The van der Waals surface area contributed by atoms with E-state index in [9.17, 15) is 4.79 Å². The molecule has 1 aromatic carbocycles. The summed E-state index contributed by atoms with van der Waals surface area (Å²) in [6.07, 6.45) is 0.919. The number of nitrogens with zero attached hydrogens (tertiary/aromatic N) is 1. The highest BCUT2D eigenvalue weighted by molar-refractivity contribution is 7.09. The number of benzene rings is 1. The SMILES string of the molecule is CCc1cccc(C)c1NC(=O)CN(C)Cc1cccs1. The van der Waals surface area contributed by atoms with Crippen molar-refractivity contribution >= 4 is 22.9 Å². The van der Waals surface area contributed by atoms with Crippen molar-refractivity contribution in [2.24, 2.45) is 0 Å². The van der Waals surface area contributed by atoms with Gasteiger partial charge in [0.25, 0.3) is 0 Å². The first-order chi connectivity index (χ1) is 10.1. The summed E-state index contributed by atoms with van der Waals surface area (Å²) in [6.45, 7) is 5.34. The van der Waals surface area contributed by atoms with Gasteiger partial charge in [-0.2, -0.15) is 0 Å². The van der Waals surface area contributed by atoms with Crippen LogP contribution in [0.5, 0.6) is 0 Å². The molecule has 1 aromatic heterocycles. The minimum absolute atomic E-state index is 0.0399. The molecule has 0 unspecified atom stereocenters. The summed E-state index contributed by atoms with van der Waals surface area (Å²) in [5, 5.41) is 5.12. The highest BCUT2D eigenvalue weighted by Crippen LogP contribution is 2.21. The van der Waals surface area contributed by atoms with Gasteiger partial charge in [0.1, 0.15) is 0 Å². The molecule has 4 heteroatoms. The summed E-state index contributed by atoms with van der Waals surface area (Å²) < 4.78 is 0. The third-order valence-electron chi connectivity index (χ3n) is 3.42. The summed E-state index contributed by atoms with van der Waals surface area (Å²) >= 11 is 1.72. The number of carbonyl (C=O) groups excluding carboxylic acids is 1. The normalized spacial score (nSPS) is 10.9. The molecule has 1 amide bonds. The van der Waals surface area contributed by atoms with Crippen LogP contribution in [-0.4, -0.2) is 24.4 Å². The Kier molecular flexibility index (Phi) is 5.53. The van der Waals surface area contributed by atoms with Crippen LogP contribution in [0.15, 0.2) is 35.7 Å². The van der Waals surface area contributed by atoms with Crippen molar-refractivity contribution in [3.63, 3.8) is 0 Å². The highest BCUT2D eigenvalue weighted by Gasteiger charge is 2.11. The van der Waals surface area contributed by atoms with Crippen LogP contribution in [0.1, 0.15) is 22.9 Å². The summed E-state index contributed by atoms with van der Waals surface area (Å²) in [5.74, 6) is 0.0399. The van der Waals surface area contributed by atoms with Crippen molar-refractivity contribution in [1.82, 2.24) is 4.90 Å². The van der Waals surface area contributed by atoms with Crippen molar-refractivity contribution in [2.75, 3.05) is 18.9 Å². The van der Waals surface area contributed by atoms with Gasteiger partial charge in [0.2, 0.25) is 5.91 Å². The fraction of sp³-hybridized carbons (Fsp3) is 0.353. The standard InChI is InChI=1S/C17H22N2OS/c1-4-14-8-5-7-13(2)17(14)18-16(20)12-19(3)11-15-9-6-10-21-15/h5-10H,4,11-12H2,1-3H3,(H,18,20). The third-order valence-corrected chi connectivity index (χ3v) is 4.28. The van der Waals surface area contributed by atoms with Gasteiger partial charge in [-0.1, -0.05) is 31.2 Å². The summed E-state index contributed by atoms with van der Waals surface area (Å²) in [6, 6.07) is 10.3. The molecule has 112 valence electrons. The molecule has 1 heterocycles. The van der Waals surface area contributed by atoms with Crippen LogP contribution >= 0.6 is 11.3 Å². The van der Waals surface area contributed by atoms with Gasteiger partial charge in [-0.15, -0.1) is 11.3 Å². The van der Waals surface area contributed by atoms with Gasteiger partial charge in [-0.25, -0.2) is 0 Å². The molecular formula is C17H22N2OS. The van der Waals surface area contributed by atoms with Gasteiger partial charge in [0.15, 0.2) is 0 Å². The lowest BCUT2D eigenvalue weighted by Crippen LogP contribution is -2.30. The molecule has 2 rings (SSSR count). The van der Waals surface area contributed by atoms with E-state index in [1.165, 1.54) is 10.4 Å². The van der Waals surface area contributed by atoms with E-state index < -0.39 is 0 Å². The lowest BCUT2D eigenvalue weighted by atomic mass is 10.1. The van der Waals surface area contributed by atoms with Crippen molar-refractivity contribution in [3.05, 3.63) is 51.7 Å². The first kappa shape index (κ1) is 15.7. The summed E-state index contributed by atoms with van der Waals surface area (Å²) in [5.41, 5.74) is 3.27. The maximum atomic E-state index is 12.2. The Morgan fingerprint density at radius 1 is 1.29 bits per heavy atom. The molecule has 0 fully saturated rings. The number of thiophene rings is 1. The second-order valence-corrected chi connectivity index (χ2v) is 6.29. The zero-order valence-corrected chi connectivity index (χ0v) is 13.7. The molecule has 0 saturated carbocycles. The number of amides is 1. The van der Waals surface area contributed by atoms with E-state index >= 15 is 0 Å². The zero-order valence-electron chi connectivity index (χ0n) is 12.8. The van der Waals surface area contributed by atoms with Gasteiger partial charge < -0.3 is 5.32 Å². The lowest BCUT2D eigenvalue weighted by Gasteiger charge is -2.17. The number of hydrogen-bond acceptors (Lipinski definition) is 3. The quantitative estimate of drug-likeness (QED) is 0.882. The van der Waals surface area contributed by atoms with Crippen LogP contribution in [0, 0.1) is 6.92 Å². The van der Waals surface area contributed by atoms with Gasteiger partial charge in [-0.3, -0.25) is 9.69 Å². The zero-order chi connectivity index (χ0) is 15.2.